The molecule has 2 rings (SSSR count). The molecular weight excluding hydrogens is 308 g/mol. The van der Waals surface area contributed by atoms with Crippen molar-refractivity contribution in [3.8, 4) is 0 Å². The molecule has 0 radical (unpaired) electrons. The first kappa shape index (κ1) is 16.1. The van der Waals surface area contributed by atoms with Crippen molar-refractivity contribution in [2.75, 3.05) is 6.54 Å². The Bertz CT molecular complexity index is 678. The Labute approximate surface area is 129 Å². The first-order chi connectivity index (χ1) is 10.8. The highest BCUT2D eigenvalue weighted by molar-refractivity contribution is 6.22. The molecule has 9 nitrogen and oxygen atoms in total. The molecule has 0 aliphatic carbocycles. The number of carboxylic acid groups (broad SMARTS) is 2. The number of imide groups is 1. The summed E-state index contributed by atoms with van der Waals surface area (Å²) in [6.45, 7) is -0.685. The largest absolute Gasteiger partial charge is 0.481 e. The molecular formula is C14H12N2O7. The van der Waals surface area contributed by atoms with Crippen LogP contribution in [0.5, 0.6) is 0 Å². The lowest BCUT2D eigenvalue weighted by Crippen LogP contribution is -2.47. The zero-order valence-corrected chi connectivity index (χ0v) is 11.7. The van der Waals surface area contributed by atoms with E-state index in [-0.39, 0.29) is 11.1 Å². The van der Waals surface area contributed by atoms with E-state index < -0.39 is 48.7 Å². The lowest BCUT2D eigenvalue weighted by atomic mass is 10.1. The summed E-state index contributed by atoms with van der Waals surface area (Å²) in [6, 6.07) is 4.38. The Morgan fingerprint density at radius 3 is 2.00 bits per heavy atom. The van der Waals surface area contributed by atoms with E-state index in [2.05, 4.69) is 0 Å². The smallest absolute Gasteiger partial charge is 0.326 e. The molecule has 0 fully saturated rings. The van der Waals surface area contributed by atoms with Gasteiger partial charge in [0.15, 0.2) is 0 Å². The van der Waals surface area contributed by atoms with Gasteiger partial charge in [-0.3, -0.25) is 24.1 Å². The van der Waals surface area contributed by atoms with Crippen molar-refractivity contribution in [2.24, 2.45) is 0 Å². The number of nitrogens with one attached hydrogen (secondary N) is 1. The molecule has 1 atom stereocenters. The molecule has 3 amide bonds. The third kappa shape index (κ3) is 3.34. The zero-order valence-electron chi connectivity index (χ0n) is 11.7. The van der Waals surface area contributed by atoms with E-state index in [9.17, 15) is 24.0 Å². The predicted molar refractivity (Wildman–Crippen MR) is 73.6 cm³/mol. The van der Waals surface area contributed by atoms with Gasteiger partial charge in [0.1, 0.15) is 12.6 Å². The molecule has 9 heteroatoms. The summed E-state index contributed by atoms with van der Waals surface area (Å²) >= 11 is 0. The van der Waals surface area contributed by atoms with Gasteiger partial charge in [-0.1, -0.05) is 12.1 Å². The first-order valence-electron chi connectivity index (χ1n) is 6.50. The van der Waals surface area contributed by atoms with E-state index in [4.69, 9.17) is 10.2 Å². The van der Waals surface area contributed by atoms with E-state index >= 15 is 0 Å². The Kier molecular flexibility index (Phi) is 4.39. The predicted octanol–water partition coefficient (Wildman–Crippen LogP) is -0.673. The number of carboxylic acids is 2. The van der Waals surface area contributed by atoms with E-state index in [1.165, 1.54) is 12.1 Å². The van der Waals surface area contributed by atoms with Gasteiger partial charge < -0.3 is 15.5 Å². The Morgan fingerprint density at radius 1 is 1.04 bits per heavy atom. The normalized spacial score (nSPS) is 14.3. The fourth-order valence-electron chi connectivity index (χ4n) is 2.14. The molecule has 1 heterocycles. The van der Waals surface area contributed by atoms with Crippen LogP contribution in [-0.2, 0) is 14.4 Å². The number of rotatable bonds is 6. The lowest BCUT2D eigenvalue weighted by Gasteiger charge is -2.16. The first-order valence-corrected chi connectivity index (χ1v) is 6.50. The topological polar surface area (TPSA) is 141 Å². The molecule has 1 aliphatic rings. The molecule has 0 aromatic heterocycles. The molecule has 1 aromatic carbocycles. The second-order valence-electron chi connectivity index (χ2n) is 4.80. The molecule has 120 valence electrons. The minimum atomic E-state index is -1.64. The van der Waals surface area contributed by atoms with Gasteiger partial charge in [0.2, 0.25) is 5.91 Å². The Balaban J connectivity index is 2.07. The van der Waals surface area contributed by atoms with E-state index in [0.717, 1.165) is 0 Å². The van der Waals surface area contributed by atoms with Crippen LogP contribution in [0.25, 0.3) is 0 Å². The summed E-state index contributed by atoms with van der Waals surface area (Å²) in [5.41, 5.74) is 0.316. The van der Waals surface area contributed by atoms with Gasteiger partial charge in [-0.25, -0.2) is 4.79 Å². The molecule has 23 heavy (non-hydrogen) atoms. The summed E-state index contributed by atoms with van der Waals surface area (Å²) in [5, 5.41) is 19.4. The second kappa shape index (κ2) is 6.26. The Morgan fingerprint density at radius 2 is 1.57 bits per heavy atom. The maximum absolute atomic E-state index is 12.1. The summed E-state index contributed by atoms with van der Waals surface area (Å²) in [6.07, 6.45) is -0.816. The minimum Gasteiger partial charge on any atom is -0.481 e. The molecule has 1 aromatic rings. The van der Waals surface area contributed by atoms with Crippen LogP contribution in [0.2, 0.25) is 0 Å². The third-order valence-corrected chi connectivity index (χ3v) is 3.19. The number of amides is 3. The van der Waals surface area contributed by atoms with Crippen molar-refractivity contribution < 1.29 is 34.2 Å². The number of fused-ring (bicyclic) bond motifs is 1. The van der Waals surface area contributed by atoms with Crippen LogP contribution in [0.4, 0.5) is 0 Å². The molecule has 0 bridgehead atoms. The van der Waals surface area contributed by atoms with E-state index in [1.807, 2.05) is 5.32 Å². The zero-order chi connectivity index (χ0) is 17.1. The highest BCUT2D eigenvalue weighted by atomic mass is 16.4. The van der Waals surface area contributed by atoms with Crippen molar-refractivity contribution in [2.45, 2.75) is 12.5 Å². The summed E-state index contributed by atoms with van der Waals surface area (Å²) < 4.78 is 0. The quantitative estimate of drug-likeness (QED) is 0.590. The van der Waals surface area contributed by atoms with Gasteiger partial charge in [0, 0.05) is 0 Å². The number of nitrogens with zero attached hydrogens (tertiary/aromatic N) is 1. The van der Waals surface area contributed by atoms with Crippen molar-refractivity contribution in [3.63, 3.8) is 0 Å². The summed E-state index contributed by atoms with van der Waals surface area (Å²) in [5.74, 6) is -5.19. The molecule has 1 aliphatic heterocycles. The number of carbonyl (C=O) groups excluding carboxylic acids is 3. The van der Waals surface area contributed by atoms with Crippen LogP contribution in [0.15, 0.2) is 24.3 Å². The van der Waals surface area contributed by atoms with Crippen LogP contribution < -0.4 is 5.32 Å². The molecule has 3 N–H and O–H groups in total. The number of aliphatic carboxylic acids is 2. The van der Waals surface area contributed by atoms with Crippen LogP contribution in [0.3, 0.4) is 0 Å². The van der Waals surface area contributed by atoms with Crippen LogP contribution in [-0.4, -0.2) is 57.4 Å². The van der Waals surface area contributed by atoms with Crippen LogP contribution in [0, 0.1) is 0 Å². The van der Waals surface area contributed by atoms with Gasteiger partial charge >= 0.3 is 11.9 Å². The highest BCUT2D eigenvalue weighted by Gasteiger charge is 2.36. The number of carbonyl (C=O) groups is 5. The summed E-state index contributed by atoms with van der Waals surface area (Å²) in [4.78, 5) is 58.1. The van der Waals surface area contributed by atoms with Gasteiger partial charge in [-0.05, 0) is 12.1 Å². The van der Waals surface area contributed by atoms with Crippen molar-refractivity contribution in [3.05, 3.63) is 35.4 Å². The molecule has 0 unspecified atom stereocenters. The standard InChI is InChI=1S/C14H12N2O7/c17-10(15-9(14(22)23)5-11(18)19)6-16-12(20)7-3-1-2-4-8(7)13(16)21/h1-4,9H,5-6H2,(H,15,17)(H,18,19)(H,22,23)/t9-/m0/s1. The number of hydrogen-bond donors (Lipinski definition) is 3. The lowest BCUT2D eigenvalue weighted by molar-refractivity contribution is -0.147. The van der Waals surface area contributed by atoms with Gasteiger partial charge in [0.05, 0.1) is 17.5 Å². The molecule has 0 saturated heterocycles. The van der Waals surface area contributed by atoms with Gasteiger partial charge in [0.25, 0.3) is 11.8 Å². The highest BCUT2D eigenvalue weighted by Crippen LogP contribution is 2.21. The maximum Gasteiger partial charge on any atom is 0.326 e. The monoisotopic (exact) mass is 320 g/mol. The number of benzene rings is 1. The fourth-order valence-corrected chi connectivity index (χ4v) is 2.14. The fraction of sp³-hybridized carbons (Fsp3) is 0.214. The van der Waals surface area contributed by atoms with E-state index in [1.54, 1.807) is 12.1 Å². The van der Waals surface area contributed by atoms with Crippen molar-refractivity contribution in [1.82, 2.24) is 10.2 Å². The van der Waals surface area contributed by atoms with Crippen LogP contribution >= 0.6 is 0 Å². The Hall–Kier alpha value is -3.23. The second-order valence-corrected chi connectivity index (χ2v) is 4.80. The third-order valence-electron chi connectivity index (χ3n) is 3.19. The average molecular weight is 320 g/mol. The van der Waals surface area contributed by atoms with Crippen LogP contribution in [0.1, 0.15) is 27.1 Å². The SMILES string of the molecule is O=C(O)C[C@H](NC(=O)CN1C(=O)c2ccccc2C1=O)C(=O)O. The van der Waals surface area contributed by atoms with E-state index in [0.29, 0.717) is 4.90 Å². The van der Waals surface area contributed by atoms with Crippen molar-refractivity contribution in [1.29, 1.82) is 0 Å². The van der Waals surface area contributed by atoms with Gasteiger partial charge in [-0.2, -0.15) is 0 Å². The average Bonchev–Trinajstić information content (AvgIpc) is 2.72. The van der Waals surface area contributed by atoms with Gasteiger partial charge in [-0.15, -0.1) is 0 Å². The minimum absolute atomic E-state index is 0.158. The summed E-state index contributed by atoms with van der Waals surface area (Å²) in [7, 11) is 0. The number of hydrogen-bond acceptors (Lipinski definition) is 5. The maximum atomic E-state index is 12.1. The molecule has 0 saturated carbocycles. The van der Waals surface area contributed by atoms with Crippen molar-refractivity contribution >= 4 is 29.7 Å². The molecule has 0 spiro atoms.